The highest BCUT2D eigenvalue weighted by Crippen LogP contribution is 2.37. The topological polar surface area (TPSA) is 43.1 Å². The van der Waals surface area contributed by atoms with Crippen LogP contribution in [-0.4, -0.2) is 19.4 Å². The third kappa shape index (κ3) is 3.29. The first-order chi connectivity index (χ1) is 12.6. The van der Waals surface area contributed by atoms with Crippen LogP contribution in [-0.2, 0) is 6.54 Å². The Labute approximate surface area is 160 Å². The molecule has 2 aromatic carbocycles. The number of benzene rings is 2. The van der Waals surface area contributed by atoms with Crippen molar-refractivity contribution in [2.75, 3.05) is 7.11 Å². The third-order valence-corrected chi connectivity index (χ3v) is 5.68. The van der Waals surface area contributed by atoms with Crippen molar-refractivity contribution in [1.82, 2.24) is 0 Å². The van der Waals surface area contributed by atoms with E-state index in [1.54, 1.807) is 13.4 Å². The van der Waals surface area contributed by atoms with Gasteiger partial charge in [-0.15, -0.1) is 11.3 Å². The van der Waals surface area contributed by atoms with Crippen LogP contribution in [0.15, 0.2) is 59.6 Å². The van der Waals surface area contributed by atoms with Gasteiger partial charge in [0.1, 0.15) is 12.3 Å². The van der Waals surface area contributed by atoms with Crippen molar-refractivity contribution in [2.24, 2.45) is 4.99 Å². The molecule has 26 heavy (non-hydrogen) atoms. The zero-order valence-corrected chi connectivity index (χ0v) is 15.6. The molecule has 0 bridgehead atoms. The lowest BCUT2D eigenvalue weighted by Crippen LogP contribution is -3.12. The van der Waals surface area contributed by atoms with Gasteiger partial charge in [-0.1, -0.05) is 23.7 Å². The molecule has 0 spiro atoms. The summed E-state index contributed by atoms with van der Waals surface area (Å²) in [6.07, 6.45) is 1.68. The van der Waals surface area contributed by atoms with Crippen LogP contribution in [0.2, 0.25) is 5.02 Å². The third-order valence-electron chi connectivity index (χ3n) is 4.25. The van der Waals surface area contributed by atoms with E-state index >= 15 is 0 Å². The Kier molecular flexibility index (Phi) is 4.59. The van der Waals surface area contributed by atoms with E-state index in [-0.39, 0.29) is 5.91 Å². The standard InChI is InChI=1S/C20H15ClN2O2S/c1-25-16-8-4-14(5-9-16)18-10-17-19(26-18)20(24)23(12-22-17)11-13-2-6-15(21)7-3-13/h2-10,12H,11H2,1H3/p+1. The largest absolute Gasteiger partial charge is 0.497 e. The van der Waals surface area contributed by atoms with Crippen LogP contribution < -0.4 is 9.64 Å². The molecule has 1 N–H and O–H groups in total. The molecule has 0 radical (unpaired) electrons. The van der Waals surface area contributed by atoms with E-state index in [2.05, 4.69) is 4.99 Å². The van der Waals surface area contributed by atoms with E-state index in [9.17, 15) is 4.79 Å². The lowest BCUT2D eigenvalue weighted by Gasteiger charge is -2.14. The van der Waals surface area contributed by atoms with Gasteiger partial charge in [-0.25, -0.2) is 14.7 Å². The minimum Gasteiger partial charge on any atom is -0.497 e. The Morgan fingerprint density at radius 2 is 1.85 bits per heavy atom. The molecular weight excluding hydrogens is 368 g/mol. The van der Waals surface area contributed by atoms with E-state index in [0.717, 1.165) is 27.4 Å². The number of quaternary nitrogens is 1. The van der Waals surface area contributed by atoms with E-state index in [4.69, 9.17) is 16.3 Å². The summed E-state index contributed by atoms with van der Waals surface area (Å²) in [5.74, 6) is 0.859. The van der Waals surface area contributed by atoms with Crippen LogP contribution >= 0.6 is 22.9 Å². The summed E-state index contributed by atoms with van der Waals surface area (Å²) < 4.78 is 5.20. The number of amides is 1. The number of carbonyl (C=O) groups is 1. The van der Waals surface area contributed by atoms with Gasteiger partial charge in [0.15, 0.2) is 11.2 Å². The number of fused-ring (bicyclic) bond motifs is 1. The number of methoxy groups -OCH3 is 1. The quantitative estimate of drug-likeness (QED) is 0.740. The molecular formula is C20H16ClN2O2S+. The highest BCUT2D eigenvalue weighted by molar-refractivity contribution is 7.18. The molecule has 1 aliphatic heterocycles. The maximum Gasteiger partial charge on any atom is 0.362 e. The average Bonchev–Trinajstić information content (AvgIpc) is 3.11. The summed E-state index contributed by atoms with van der Waals surface area (Å²) in [6, 6.07) is 17.3. The highest BCUT2D eigenvalue weighted by atomic mass is 35.5. The number of nitrogens with one attached hydrogen (secondary N) is 1. The monoisotopic (exact) mass is 383 g/mol. The van der Waals surface area contributed by atoms with Crippen LogP contribution in [0.1, 0.15) is 15.2 Å². The number of hydrogen-bond donors (Lipinski definition) is 1. The summed E-state index contributed by atoms with van der Waals surface area (Å²) in [5.41, 5.74) is 2.83. The van der Waals surface area contributed by atoms with Crippen molar-refractivity contribution < 1.29 is 14.4 Å². The van der Waals surface area contributed by atoms with Gasteiger partial charge in [-0.3, -0.25) is 0 Å². The molecule has 0 saturated heterocycles. The molecule has 1 aromatic heterocycles. The molecule has 0 saturated carbocycles. The maximum atomic E-state index is 12.9. The molecule has 130 valence electrons. The summed E-state index contributed by atoms with van der Waals surface area (Å²) in [7, 11) is 1.64. The normalized spacial score (nSPS) is 15.8. The Morgan fingerprint density at radius 3 is 2.54 bits per heavy atom. The van der Waals surface area contributed by atoms with E-state index in [0.29, 0.717) is 21.3 Å². The summed E-state index contributed by atoms with van der Waals surface area (Å²) >= 11 is 7.40. The van der Waals surface area contributed by atoms with E-state index in [1.807, 2.05) is 54.6 Å². The number of ether oxygens (including phenoxy) is 1. The molecule has 4 rings (SSSR count). The highest BCUT2D eigenvalue weighted by Gasteiger charge is 2.30. The maximum absolute atomic E-state index is 12.9. The molecule has 1 atom stereocenters. The first-order valence-corrected chi connectivity index (χ1v) is 9.31. The molecule has 2 heterocycles. The first-order valence-electron chi connectivity index (χ1n) is 8.11. The van der Waals surface area contributed by atoms with Gasteiger partial charge < -0.3 is 4.74 Å². The van der Waals surface area contributed by atoms with Gasteiger partial charge in [-0.2, -0.15) is 0 Å². The fraction of sp³-hybridized carbons (Fsp3) is 0.100. The van der Waals surface area contributed by atoms with Crippen LogP contribution in [0, 0.1) is 0 Å². The Bertz CT molecular complexity index is 978. The summed E-state index contributed by atoms with van der Waals surface area (Å²) in [5, 5.41) is 0.687. The smallest absolute Gasteiger partial charge is 0.362 e. The number of nitrogens with zero attached hydrogens (tertiary/aromatic N) is 1. The van der Waals surface area contributed by atoms with Gasteiger partial charge >= 0.3 is 5.91 Å². The van der Waals surface area contributed by atoms with Crippen LogP contribution in [0.4, 0.5) is 5.69 Å². The van der Waals surface area contributed by atoms with Gasteiger partial charge in [0.2, 0.25) is 0 Å². The second-order valence-corrected chi connectivity index (χ2v) is 7.46. The van der Waals surface area contributed by atoms with Crippen molar-refractivity contribution in [3.05, 3.63) is 70.1 Å². The number of rotatable bonds is 4. The number of carbonyl (C=O) groups excluding carboxylic acids is 1. The van der Waals surface area contributed by atoms with Crippen LogP contribution in [0.5, 0.6) is 5.75 Å². The molecule has 3 aromatic rings. The average molecular weight is 384 g/mol. The molecule has 1 aliphatic rings. The number of thiophene rings is 1. The molecule has 1 amide bonds. The lowest BCUT2D eigenvalue weighted by molar-refractivity contribution is -0.721. The Hall–Kier alpha value is -2.47. The van der Waals surface area contributed by atoms with Gasteiger partial charge in [0.25, 0.3) is 0 Å². The van der Waals surface area contributed by atoms with Gasteiger partial charge in [0.05, 0.1) is 12.8 Å². The van der Waals surface area contributed by atoms with E-state index in [1.165, 1.54) is 11.3 Å². The molecule has 1 unspecified atom stereocenters. The zero-order chi connectivity index (χ0) is 18.1. The predicted octanol–water partition coefficient (Wildman–Crippen LogP) is 3.98. The number of hydrogen-bond acceptors (Lipinski definition) is 4. The van der Waals surface area contributed by atoms with Crippen molar-refractivity contribution in [3.63, 3.8) is 0 Å². The Morgan fingerprint density at radius 1 is 1.12 bits per heavy atom. The van der Waals surface area contributed by atoms with Crippen molar-refractivity contribution in [3.8, 4) is 16.2 Å². The summed E-state index contributed by atoms with van der Waals surface area (Å²) in [4.78, 5) is 19.8. The lowest BCUT2D eigenvalue weighted by atomic mass is 10.1. The van der Waals surface area contributed by atoms with Crippen molar-refractivity contribution >= 4 is 40.9 Å². The SMILES string of the molecule is COc1ccc(-c2cc3c(s2)C(=O)[NH+](Cc2ccc(Cl)cc2)C=N3)cc1. The number of aliphatic imine (C=N–C) groups is 1. The fourth-order valence-electron chi connectivity index (χ4n) is 2.84. The molecule has 6 heteroatoms. The van der Waals surface area contributed by atoms with Crippen molar-refractivity contribution in [1.29, 1.82) is 0 Å². The fourth-order valence-corrected chi connectivity index (χ4v) is 4.05. The van der Waals surface area contributed by atoms with E-state index < -0.39 is 0 Å². The first kappa shape index (κ1) is 17.0. The second kappa shape index (κ2) is 7.03. The minimum absolute atomic E-state index is 0.0507. The van der Waals surface area contributed by atoms with Crippen LogP contribution in [0.25, 0.3) is 10.4 Å². The summed E-state index contributed by atoms with van der Waals surface area (Å²) in [6.45, 7) is 0.550. The van der Waals surface area contributed by atoms with Crippen LogP contribution in [0.3, 0.4) is 0 Å². The van der Waals surface area contributed by atoms with Gasteiger partial charge in [-0.05, 0) is 48.0 Å². The molecule has 0 aliphatic carbocycles. The zero-order valence-electron chi connectivity index (χ0n) is 14.0. The predicted molar refractivity (Wildman–Crippen MR) is 105 cm³/mol. The second-order valence-electron chi connectivity index (χ2n) is 5.97. The Balaban J connectivity index is 1.58. The van der Waals surface area contributed by atoms with Crippen molar-refractivity contribution in [2.45, 2.75) is 6.54 Å². The van der Waals surface area contributed by atoms with Gasteiger partial charge in [0, 0.05) is 15.5 Å². The minimum atomic E-state index is 0.0507. The number of halogens is 1. The molecule has 0 fully saturated rings. The molecule has 4 nitrogen and oxygen atoms in total.